The van der Waals surface area contributed by atoms with Crippen molar-refractivity contribution in [2.75, 3.05) is 53.3 Å². The maximum absolute atomic E-state index is 12.9. The monoisotopic (exact) mass is 993 g/mol. The molecule has 14 heteroatoms. The van der Waals surface area contributed by atoms with Crippen molar-refractivity contribution in [3.05, 3.63) is 11.8 Å². The van der Waals surface area contributed by atoms with Crippen molar-refractivity contribution >= 4 is 41.4 Å². The summed E-state index contributed by atoms with van der Waals surface area (Å²) >= 11 is 1.13. The smallest absolute Gasteiger partial charge is 0.475 e. The van der Waals surface area contributed by atoms with Crippen LogP contribution in [0.15, 0.2) is 6.08 Å². The van der Waals surface area contributed by atoms with Gasteiger partial charge in [-0.2, -0.15) is 4.37 Å². The Kier molecular flexibility index (Phi) is 38.0. The standard InChI is InChI=1S/C55H98N3O10S/c1-5-8-11-14-16-18-20-22-24-26-28-30-32-38-50(59)65-45-49(46-66-51(60)39-33-31-29-27-25-23-21-19-17-15-12-9-6-2)68-52(61)40-36-43-64-55(62)67-47-58(4)41-35-37-48(44-58)53-54(57-69-56-53)63-42-34-13-10-7-3/h37,49H,5-36,38-47H2,1-4H3/q+1. The molecule has 0 N–H and O–H groups in total. The van der Waals surface area contributed by atoms with Crippen LogP contribution in [0.1, 0.15) is 251 Å². The molecule has 69 heavy (non-hydrogen) atoms. The van der Waals surface area contributed by atoms with Crippen LogP contribution in [-0.2, 0) is 38.1 Å². The lowest BCUT2D eigenvalue weighted by atomic mass is 10.0. The van der Waals surface area contributed by atoms with E-state index in [9.17, 15) is 19.2 Å². The Morgan fingerprint density at radius 3 is 1.48 bits per heavy atom. The molecule has 13 nitrogen and oxygen atoms in total. The van der Waals surface area contributed by atoms with Gasteiger partial charge in [-0.1, -0.05) is 200 Å². The Hall–Kier alpha value is -3.26. The van der Waals surface area contributed by atoms with Gasteiger partial charge in [-0.25, -0.2) is 4.79 Å². The van der Waals surface area contributed by atoms with Gasteiger partial charge in [0.2, 0.25) is 6.73 Å². The van der Waals surface area contributed by atoms with Gasteiger partial charge in [-0.15, -0.1) is 4.37 Å². The third kappa shape index (κ3) is 33.9. The zero-order valence-electron chi connectivity index (χ0n) is 44.2. The van der Waals surface area contributed by atoms with Crippen LogP contribution in [-0.4, -0.2) is 96.7 Å². The summed E-state index contributed by atoms with van der Waals surface area (Å²) in [7, 11) is 2.02. The number of ether oxygens (including phenoxy) is 6. The minimum Gasteiger partial charge on any atom is -0.475 e. The van der Waals surface area contributed by atoms with Crippen molar-refractivity contribution in [1.82, 2.24) is 8.75 Å². The minimum atomic E-state index is -0.934. The van der Waals surface area contributed by atoms with Crippen LogP contribution in [0.2, 0.25) is 0 Å². The number of esters is 3. The molecular formula is C55H98N3O10S+. The van der Waals surface area contributed by atoms with Crippen molar-refractivity contribution in [2.24, 2.45) is 0 Å². The van der Waals surface area contributed by atoms with Crippen LogP contribution in [0.4, 0.5) is 4.79 Å². The lowest BCUT2D eigenvalue weighted by Crippen LogP contribution is -2.49. The van der Waals surface area contributed by atoms with Crippen LogP contribution in [0.3, 0.4) is 0 Å². The largest absolute Gasteiger partial charge is 0.512 e. The number of likely N-dealkylation sites (N-methyl/N-ethyl adjacent to an activating group) is 1. The normalized spacial score (nSPS) is 14.7. The second kappa shape index (κ2) is 42.4. The highest BCUT2D eigenvalue weighted by Crippen LogP contribution is 2.30. The van der Waals surface area contributed by atoms with Crippen LogP contribution in [0.25, 0.3) is 5.57 Å². The lowest BCUT2D eigenvalue weighted by molar-refractivity contribution is -0.919. The maximum Gasteiger partial charge on any atom is 0.512 e. The molecule has 1 atom stereocenters. The van der Waals surface area contributed by atoms with Crippen molar-refractivity contribution in [2.45, 2.75) is 252 Å². The van der Waals surface area contributed by atoms with E-state index in [1.54, 1.807) is 0 Å². The van der Waals surface area contributed by atoms with Gasteiger partial charge < -0.3 is 28.4 Å². The Bertz CT molecular complexity index is 1440. The maximum atomic E-state index is 12.9. The molecular weight excluding hydrogens is 895 g/mol. The summed E-state index contributed by atoms with van der Waals surface area (Å²) in [6.45, 7) is 8.34. The summed E-state index contributed by atoms with van der Waals surface area (Å²) in [6.07, 6.45) is 38.1. The van der Waals surface area contributed by atoms with E-state index in [0.29, 0.717) is 36.4 Å². The van der Waals surface area contributed by atoms with Crippen molar-refractivity contribution in [3.63, 3.8) is 0 Å². The highest BCUT2D eigenvalue weighted by molar-refractivity contribution is 6.99. The van der Waals surface area contributed by atoms with Gasteiger partial charge in [0.1, 0.15) is 25.5 Å². The summed E-state index contributed by atoms with van der Waals surface area (Å²) in [5.41, 5.74) is 1.77. The molecule has 0 spiro atoms. The molecule has 1 aromatic rings. The second-order valence-electron chi connectivity index (χ2n) is 19.8. The fourth-order valence-electron chi connectivity index (χ4n) is 8.63. The number of carbonyl (C=O) groups excluding carboxylic acids is 4. The fourth-order valence-corrected chi connectivity index (χ4v) is 9.16. The topological polar surface area (TPSA) is 149 Å². The zero-order valence-corrected chi connectivity index (χ0v) is 45.0. The molecule has 398 valence electrons. The molecule has 0 aliphatic carbocycles. The Morgan fingerprint density at radius 2 is 0.986 bits per heavy atom. The van der Waals surface area contributed by atoms with Gasteiger partial charge >= 0.3 is 24.1 Å². The summed E-state index contributed by atoms with van der Waals surface area (Å²) in [5.74, 6) is -0.721. The Labute approximate surface area is 423 Å². The van der Waals surface area contributed by atoms with E-state index in [1.807, 2.05) is 7.05 Å². The molecule has 0 aromatic carbocycles. The van der Waals surface area contributed by atoms with E-state index in [1.165, 1.54) is 141 Å². The predicted molar refractivity (Wildman–Crippen MR) is 277 cm³/mol. The molecule has 1 aliphatic rings. The summed E-state index contributed by atoms with van der Waals surface area (Å²) < 4.78 is 42.8. The molecule has 0 fully saturated rings. The molecule has 1 aromatic heterocycles. The summed E-state index contributed by atoms with van der Waals surface area (Å²) in [4.78, 5) is 50.9. The second-order valence-corrected chi connectivity index (χ2v) is 20.3. The van der Waals surface area contributed by atoms with E-state index in [4.69, 9.17) is 28.4 Å². The molecule has 0 amide bonds. The van der Waals surface area contributed by atoms with Crippen LogP contribution >= 0.6 is 11.7 Å². The minimum absolute atomic E-state index is 0.0425. The van der Waals surface area contributed by atoms with E-state index in [2.05, 4.69) is 35.6 Å². The molecule has 0 bridgehead atoms. The average molecular weight is 993 g/mol. The van der Waals surface area contributed by atoms with E-state index >= 15 is 0 Å². The first kappa shape index (κ1) is 61.9. The van der Waals surface area contributed by atoms with Crippen LogP contribution in [0, 0.1) is 0 Å². The number of rotatable bonds is 46. The highest BCUT2D eigenvalue weighted by atomic mass is 32.1. The molecule has 2 heterocycles. The van der Waals surface area contributed by atoms with E-state index in [0.717, 1.165) is 87.3 Å². The first-order chi connectivity index (χ1) is 33.7. The first-order valence-electron chi connectivity index (χ1n) is 28.0. The number of hydrogen-bond acceptors (Lipinski definition) is 13. The molecule has 2 rings (SSSR count). The fraction of sp³-hybridized carbons (Fsp3) is 0.855. The van der Waals surface area contributed by atoms with Gasteiger partial charge in [-0.05, 0) is 25.7 Å². The molecule has 0 saturated carbocycles. The third-order valence-electron chi connectivity index (χ3n) is 13.0. The molecule has 0 radical (unpaired) electrons. The molecule has 1 unspecified atom stereocenters. The third-order valence-corrected chi connectivity index (χ3v) is 13.5. The van der Waals surface area contributed by atoms with E-state index < -0.39 is 18.2 Å². The lowest BCUT2D eigenvalue weighted by Gasteiger charge is -2.36. The average Bonchev–Trinajstić information content (AvgIpc) is 3.82. The number of hydrogen-bond donors (Lipinski definition) is 0. The Balaban J connectivity index is 1.71. The molecule has 1 aliphatic heterocycles. The van der Waals surface area contributed by atoms with Gasteiger partial charge in [0.05, 0.1) is 38.5 Å². The number of unbranched alkanes of at least 4 members (excludes halogenated alkanes) is 27. The van der Waals surface area contributed by atoms with Crippen LogP contribution in [0.5, 0.6) is 5.88 Å². The zero-order chi connectivity index (χ0) is 49.9. The van der Waals surface area contributed by atoms with Crippen molar-refractivity contribution < 1.29 is 52.1 Å². The van der Waals surface area contributed by atoms with Gasteiger partial charge in [0.15, 0.2) is 6.10 Å². The SMILES string of the molecule is CCCCCCCCCCCCCCCC(=O)OCC(COC(=O)CCCCCCCCCCCCCCC)OC(=O)CCCOC(=O)OC[N+]1(C)CCC=C(c2nsnc2OCCCCCC)C1. The van der Waals surface area contributed by atoms with Gasteiger partial charge in [0, 0.05) is 31.3 Å². The summed E-state index contributed by atoms with van der Waals surface area (Å²) in [5, 5.41) is 0. The number of quaternary nitrogens is 1. The van der Waals surface area contributed by atoms with Gasteiger partial charge in [-0.3, -0.25) is 18.9 Å². The molecule has 0 saturated heterocycles. The Morgan fingerprint density at radius 1 is 0.536 bits per heavy atom. The van der Waals surface area contributed by atoms with Crippen molar-refractivity contribution in [3.8, 4) is 5.88 Å². The number of aromatic nitrogens is 2. The number of nitrogens with zero attached hydrogens (tertiary/aromatic N) is 3. The predicted octanol–water partition coefficient (Wildman–Crippen LogP) is 14.6. The highest BCUT2D eigenvalue weighted by Gasteiger charge is 2.31. The van der Waals surface area contributed by atoms with E-state index in [-0.39, 0.29) is 51.3 Å². The van der Waals surface area contributed by atoms with Crippen molar-refractivity contribution in [1.29, 1.82) is 0 Å². The number of carbonyl (C=O) groups is 4. The quantitative estimate of drug-likeness (QED) is 0.0265. The van der Waals surface area contributed by atoms with Gasteiger partial charge in [0.25, 0.3) is 5.88 Å². The first-order valence-corrected chi connectivity index (χ1v) is 28.7. The van der Waals surface area contributed by atoms with Crippen LogP contribution < -0.4 is 4.74 Å². The summed E-state index contributed by atoms with van der Waals surface area (Å²) in [6, 6.07) is 0.